The van der Waals surface area contributed by atoms with E-state index >= 15 is 0 Å². The first-order valence-electron chi connectivity index (χ1n) is 7.62. The molecule has 0 atom stereocenters. The number of furan rings is 1. The average molecular weight is 342 g/mol. The van der Waals surface area contributed by atoms with Crippen LogP contribution in [0.5, 0.6) is 0 Å². The Morgan fingerprint density at radius 2 is 1.83 bits per heavy atom. The molecule has 24 heavy (non-hydrogen) atoms. The highest BCUT2D eigenvalue weighted by molar-refractivity contribution is 7.89. The first-order chi connectivity index (χ1) is 11.6. The van der Waals surface area contributed by atoms with E-state index in [9.17, 15) is 8.42 Å². The summed E-state index contributed by atoms with van der Waals surface area (Å²) < 4.78 is 32.2. The highest BCUT2D eigenvalue weighted by atomic mass is 32.2. The maximum absolute atomic E-state index is 12.1. The highest BCUT2D eigenvalue weighted by Gasteiger charge is 2.11. The fraction of sp³-hybridized carbons (Fsp3) is 0.167. The van der Waals surface area contributed by atoms with Crippen molar-refractivity contribution in [2.24, 2.45) is 0 Å². The van der Waals surface area contributed by atoms with Gasteiger partial charge in [0.05, 0.1) is 12.0 Å². The number of nitrogens with zero attached hydrogens (tertiary/aromatic N) is 1. The number of sulfonamides is 1. The minimum atomic E-state index is -3.34. The molecule has 5 nitrogen and oxygen atoms in total. The smallest absolute Gasteiger partial charge is 0.212 e. The van der Waals surface area contributed by atoms with Crippen LogP contribution in [0.1, 0.15) is 11.1 Å². The zero-order valence-corrected chi connectivity index (χ0v) is 13.9. The Balaban J connectivity index is 1.59. The van der Waals surface area contributed by atoms with E-state index in [2.05, 4.69) is 9.71 Å². The van der Waals surface area contributed by atoms with Gasteiger partial charge in [-0.2, -0.15) is 0 Å². The molecule has 3 rings (SSSR count). The van der Waals surface area contributed by atoms with Gasteiger partial charge in [-0.05, 0) is 41.8 Å². The Labute approximate surface area is 141 Å². The van der Waals surface area contributed by atoms with Gasteiger partial charge in [0.25, 0.3) is 0 Å². The quantitative estimate of drug-likeness (QED) is 0.716. The number of pyridine rings is 1. The average Bonchev–Trinajstić information content (AvgIpc) is 3.14. The largest absolute Gasteiger partial charge is 0.463 e. The van der Waals surface area contributed by atoms with Gasteiger partial charge in [-0.1, -0.05) is 30.3 Å². The lowest BCUT2D eigenvalue weighted by Gasteiger charge is -2.07. The molecule has 0 aliphatic heterocycles. The topological polar surface area (TPSA) is 72.2 Å². The van der Waals surface area contributed by atoms with Crippen molar-refractivity contribution in [3.63, 3.8) is 0 Å². The molecule has 0 amide bonds. The van der Waals surface area contributed by atoms with E-state index in [1.54, 1.807) is 24.6 Å². The zero-order valence-electron chi connectivity index (χ0n) is 13.1. The molecular weight excluding hydrogens is 324 g/mol. The Hall–Kier alpha value is -2.44. The van der Waals surface area contributed by atoms with Crippen LogP contribution in [0.25, 0.3) is 11.5 Å². The minimum Gasteiger partial charge on any atom is -0.463 e. The number of nitrogens with one attached hydrogen (secondary N) is 1. The van der Waals surface area contributed by atoms with Crippen LogP contribution in [0.15, 0.2) is 71.5 Å². The summed E-state index contributed by atoms with van der Waals surface area (Å²) >= 11 is 0. The summed E-state index contributed by atoms with van der Waals surface area (Å²) in [6.45, 7) is 0.230. The summed E-state index contributed by atoms with van der Waals surface area (Å²) in [6.07, 6.45) is 3.71. The second-order valence-corrected chi connectivity index (χ2v) is 7.33. The fourth-order valence-corrected chi connectivity index (χ4v) is 3.34. The lowest BCUT2D eigenvalue weighted by molar-refractivity contribution is 0.579. The number of rotatable bonds is 7. The lowest BCUT2D eigenvalue weighted by atomic mass is 10.2. The normalized spacial score (nSPS) is 11.5. The van der Waals surface area contributed by atoms with Crippen LogP contribution in [-0.2, 0) is 23.0 Å². The van der Waals surface area contributed by atoms with Crippen molar-refractivity contribution >= 4 is 10.0 Å². The van der Waals surface area contributed by atoms with Crippen molar-refractivity contribution < 1.29 is 12.8 Å². The second-order valence-electron chi connectivity index (χ2n) is 5.40. The van der Waals surface area contributed by atoms with Gasteiger partial charge in [0.15, 0.2) is 5.76 Å². The summed E-state index contributed by atoms with van der Waals surface area (Å²) in [4.78, 5) is 4.23. The first kappa shape index (κ1) is 16.4. The molecule has 2 aromatic heterocycles. The third-order valence-electron chi connectivity index (χ3n) is 3.60. The van der Waals surface area contributed by atoms with Crippen LogP contribution < -0.4 is 4.72 Å². The molecule has 0 unspecified atom stereocenters. The van der Waals surface area contributed by atoms with Gasteiger partial charge < -0.3 is 4.42 Å². The lowest BCUT2D eigenvalue weighted by Crippen LogP contribution is -2.26. The van der Waals surface area contributed by atoms with E-state index in [1.165, 1.54) is 0 Å². The summed E-state index contributed by atoms with van der Waals surface area (Å²) in [6, 6.07) is 16.8. The molecular formula is C18H18N2O3S. The van der Waals surface area contributed by atoms with Crippen molar-refractivity contribution in [1.29, 1.82) is 0 Å². The number of aromatic nitrogens is 1. The number of hydrogen-bond acceptors (Lipinski definition) is 4. The van der Waals surface area contributed by atoms with E-state index in [1.807, 2.05) is 42.5 Å². The van der Waals surface area contributed by atoms with Gasteiger partial charge in [0.1, 0.15) is 5.69 Å². The Kier molecular flexibility index (Phi) is 5.08. The van der Waals surface area contributed by atoms with Crippen LogP contribution in [-0.4, -0.2) is 19.2 Å². The van der Waals surface area contributed by atoms with Crippen LogP contribution in [0.4, 0.5) is 0 Å². The molecule has 0 aliphatic carbocycles. The fourth-order valence-electron chi connectivity index (χ4n) is 2.31. The maximum atomic E-state index is 12.1. The third kappa shape index (κ3) is 4.53. The van der Waals surface area contributed by atoms with Crippen LogP contribution in [0.2, 0.25) is 0 Å². The number of benzene rings is 1. The van der Waals surface area contributed by atoms with Crippen molar-refractivity contribution in [3.05, 3.63) is 78.2 Å². The van der Waals surface area contributed by atoms with Gasteiger partial charge >= 0.3 is 0 Å². The van der Waals surface area contributed by atoms with Gasteiger partial charge in [0.2, 0.25) is 10.0 Å². The van der Waals surface area contributed by atoms with Gasteiger partial charge in [-0.3, -0.25) is 4.98 Å². The monoisotopic (exact) mass is 342 g/mol. The third-order valence-corrected chi connectivity index (χ3v) is 4.92. The van der Waals surface area contributed by atoms with E-state index in [0.717, 1.165) is 11.1 Å². The Morgan fingerprint density at radius 1 is 1.00 bits per heavy atom. The molecule has 1 aromatic carbocycles. The predicted octanol–water partition coefficient (Wildman–Crippen LogP) is 3.00. The summed E-state index contributed by atoms with van der Waals surface area (Å²) in [5.74, 6) is 0.719. The molecule has 0 bridgehead atoms. The zero-order chi connectivity index (χ0) is 16.8. The van der Waals surface area contributed by atoms with Crippen LogP contribution >= 0.6 is 0 Å². The molecule has 3 aromatic rings. The first-order valence-corrected chi connectivity index (χ1v) is 9.28. The molecule has 6 heteroatoms. The second kappa shape index (κ2) is 7.42. The maximum Gasteiger partial charge on any atom is 0.212 e. The molecule has 0 saturated carbocycles. The van der Waals surface area contributed by atoms with E-state index < -0.39 is 10.0 Å². The summed E-state index contributed by atoms with van der Waals surface area (Å²) in [5.41, 5.74) is 2.52. The van der Waals surface area contributed by atoms with Gasteiger partial charge in [0, 0.05) is 12.7 Å². The van der Waals surface area contributed by atoms with E-state index in [-0.39, 0.29) is 12.3 Å². The van der Waals surface area contributed by atoms with Crippen molar-refractivity contribution in [3.8, 4) is 11.5 Å². The van der Waals surface area contributed by atoms with E-state index in [0.29, 0.717) is 17.9 Å². The molecule has 1 N–H and O–H groups in total. The van der Waals surface area contributed by atoms with Crippen LogP contribution in [0.3, 0.4) is 0 Å². The molecule has 0 spiro atoms. The molecule has 124 valence electrons. The predicted molar refractivity (Wildman–Crippen MR) is 92.7 cm³/mol. The Bertz CT molecular complexity index is 876. The van der Waals surface area contributed by atoms with Gasteiger partial charge in [-0.25, -0.2) is 13.1 Å². The van der Waals surface area contributed by atoms with Gasteiger partial charge in [-0.15, -0.1) is 0 Å². The van der Waals surface area contributed by atoms with Crippen molar-refractivity contribution in [2.45, 2.75) is 13.0 Å². The number of aryl methyl sites for hydroxylation is 1. The SMILES string of the molecule is O=S(=O)(CCc1ccccc1)NCc1ccnc(-c2ccco2)c1. The molecule has 0 fully saturated rings. The van der Waals surface area contributed by atoms with Crippen molar-refractivity contribution in [2.75, 3.05) is 5.75 Å². The number of hydrogen-bond donors (Lipinski definition) is 1. The standard InChI is InChI=1S/C18H18N2O3S/c21-24(22,12-9-15-5-2-1-3-6-15)20-14-16-8-10-19-17(13-16)18-7-4-11-23-18/h1-8,10-11,13,20H,9,12,14H2. The van der Waals surface area contributed by atoms with Crippen molar-refractivity contribution in [1.82, 2.24) is 9.71 Å². The molecule has 0 radical (unpaired) electrons. The molecule has 0 aliphatic rings. The highest BCUT2D eigenvalue weighted by Crippen LogP contribution is 2.18. The van der Waals surface area contributed by atoms with Crippen LogP contribution in [0, 0.1) is 0 Å². The summed E-state index contributed by atoms with van der Waals surface area (Å²) in [5, 5.41) is 0. The summed E-state index contributed by atoms with van der Waals surface area (Å²) in [7, 11) is -3.34. The molecule has 0 saturated heterocycles. The van der Waals surface area contributed by atoms with E-state index in [4.69, 9.17) is 4.42 Å². The molecule has 2 heterocycles. The Morgan fingerprint density at radius 3 is 2.58 bits per heavy atom. The minimum absolute atomic E-state index is 0.0626.